The molecule has 192 valence electrons. The van der Waals surface area contributed by atoms with E-state index in [1.165, 1.54) is 10.4 Å². The molecule has 1 aromatic heterocycles. The summed E-state index contributed by atoms with van der Waals surface area (Å²) in [6.45, 7) is 3.26. The van der Waals surface area contributed by atoms with Crippen molar-refractivity contribution in [3.05, 3.63) is 78.1 Å². The monoisotopic (exact) mass is 513 g/mol. The molecule has 3 heterocycles. The number of halogens is 1. The van der Waals surface area contributed by atoms with Crippen LogP contribution in [0.5, 0.6) is 0 Å². The van der Waals surface area contributed by atoms with Crippen molar-refractivity contribution in [1.82, 2.24) is 19.1 Å². The van der Waals surface area contributed by atoms with Crippen LogP contribution in [0.2, 0.25) is 0 Å². The Morgan fingerprint density at radius 2 is 1.81 bits per heavy atom. The second kappa shape index (κ2) is 10.3. The molecule has 0 saturated carbocycles. The van der Waals surface area contributed by atoms with Crippen LogP contribution >= 0.6 is 0 Å². The number of benzene rings is 2. The number of rotatable bonds is 6. The van der Waals surface area contributed by atoms with Crippen LogP contribution in [0, 0.1) is 5.82 Å². The highest BCUT2D eigenvalue weighted by Crippen LogP contribution is 2.38. The second-order valence-corrected chi connectivity index (χ2v) is 11.7. The molecule has 2 aromatic carbocycles. The maximum atomic E-state index is 15.3. The van der Waals surface area contributed by atoms with E-state index in [1.54, 1.807) is 25.8 Å². The molecule has 2 aliphatic rings. The van der Waals surface area contributed by atoms with E-state index < -0.39 is 21.1 Å². The van der Waals surface area contributed by atoms with Gasteiger partial charge in [0.25, 0.3) is 0 Å². The summed E-state index contributed by atoms with van der Waals surface area (Å²) >= 11 is 0. The highest BCUT2D eigenvalue weighted by molar-refractivity contribution is 7.89. The van der Waals surface area contributed by atoms with Gasteiger partial charge < -0.3 is 14.2 Å². The van der Waals surface area contributed by atoms with Crippen molar-refractivity contribution < 1.29 is 17.5 Å². The van der Waals surface area contributed by atoms with E-state index in [-0.39, 0.29) is 24.7 Å². The van der Waals surface area contributed by atoms with E-state index >= 15 is 4.39 Å². The number of nitrogens with zero attached hydrogens (tertiary/aromatic N) is 5. The van der Waals surface area contributed by atoms with E-state index in [2.05, 4.69) is 15.1 Å². The molecule has 4 atom stereocenters. The summed E-state index contributed by atoms with van der Waals surface area (Å²) in [6, 6.07) is 14.3. The Balaban J connectivity index is 1.32. The van der Waals surface area contributed by atoms with Crippen LogP contribution in [-0.2, 0) is 21.3 Å². The van der Waals surface area contributed by atoms with Gasteiger partial charge >= 0.3 is 0 Å². The fourth-order valence-corrected chi connectivity index (χ4v) is 7.66. The van der Waals surface area contributed by atoms with Crippen LogP contribution in [0.4, 0.5) is 10.1 Å². The Morgan fingerprint density at radius 1 is 1.06 bits per heavy atom. The number of methoxy groups -OCH3 is 1. The summed E-state index contributed by atoms with van der Waals surface area (Å²) in [5.74, 6) is -0.397. The van der Waals surface area contributed by atoms with Gasteiger partial charge in [0.05, 0.1) is 12.1 Å². The third-order valence-corrected chi connectivity index (χ3v) is 9.94. The number of sulfonamides is 1. The molecule has 0 bridgehead atoms. The van der Waals surface area contributed by atoms with Crippen LogP contribution in [0.25, 0.3) is 0 Å². The number of piperidine rings is 1. The Hall–Kier alpha value is -2.82. The molecule has 2 aliphatic heterocycles. The lowest BCUT2D eigenvalue weighted by atomic mass is 10.0. The molecule has 0 amide bonds. The van der Waals surface area contributed by atoms with Gasteiger partial charge in [-0.2, -0.15) is 4.31 Å². The average Bonchev–Trinajstić information content (AvgIpc) is 3.42. The lowest BCUT2D eigenvalue weighted by Gasteiger charge is -2.39. The zero-order valence-electron chi connectivity index (χ0n) is 20.6. The summed E-state index contributed by atoms with van der Waals surface area (Å²) < 4.78 is 51.5. The Morgan fingerprint density at radius 3 is 2.50 bits per heavy atom. The molecule has 2 fully saturated rings. The number of anilines is 1. The van der Waals surface area contributed by atoms with Crippen molar-refractivity contribution in [1.29, 1.82) is 0 Å². The number of ether oxygens (including phenoxy) is 1. The minimum atomic E-state index is -3.62. The molecule has 8 nitrogen and oxygen atoms in total. The lowest BCUT2D eigenvalue weighted by molar-refractivity contribution is 0.0472. The van der Waals surface area contributed by atoms with E-state index in [1.807, 2.05) is 47.9 Å². The van der Waals surface area contributed by atoms with Gasteiger partial charge in [-0.05, 0) is 43.9 Å². The summed E-state index contributed by atoms with van der Waals surface area (Å²) in [6.07, 6.45) is 5.41. The van der Waals surface area contributed by atoms with Crippen molar-refractivity contribution in [3.8, 4) is 0 Å². The molecule has 0 spiro atoms. The van der Waals surface area contributed by atoms with E-state index in [0.29, 0.717) is 18.5 Å². The SMILES string of the molecule is COC1CN(c2ccc(CN3C(C)CCC(c4ccccc4)S3(=O)=O)c(F)c2)CC[C@H]1n1cnnc1. The van der Waals surface area contributed by atoms with Gasteiger partial charge in [-0.15, -0.1) is 10.2 Å². The third-order valence-electron chi connectivity index (χ3n) is 7.57. The largest absolute Gasteiger partial charge is 0.377 e. The first kappa shape index (κ1) is 24.9. The van der Waals surface area contributed by atoms with E-state index in [0.717, 1.165) is 30.6 Å². The molecule has 3 unspecified atom stereocenters. The fraction of sp³-hybridized carbons (Fsp3) is 0.462. The van der Waals surface area contributed by atoms with Gasteiger partial charge in [-0.1, -0.05) is 36.4 Å². The molecule has 36 heavy (non-hydrogen) atoms. The van der Waals surface area contributed by atoms with Gasteiger partial charge in [-0.3, -0.25) is 0 Å². The average molecular weight is 514 g/mol. The quantitative estimate of drug-likeness (QED) is 0.497. The molecule has 5 rings (SSSR count). The zero-order chi connectivity index (χ0) is 25.3. The normalized spacial score (nSPS) is 26.7. The van der Waals surface area contributed by atoms with Gasteiger partial charge in [0.15, 0.2) is 0 Å². The third kappa shape index (κ3) is 4.77. The topological polar surface area (TPSA) is 80.6 Å². The minimum absolute atomic E-state index is 0.0232. The van der Waals surface area contributed by atoms with Gasteiger partial charge in [0.1, 0.15) is 23.7 Å². The number of aromatic nitrogens is 3. The highest BCUT2D eigenvalue weighted by atomic mass is 32.2. The Bertz CT molecular complexity index is 1270. The summed E-state index contributed by atoms with van der Waals surface area (Å²) in [7, 11) is -1.94. The van der Waals surface area contributed by atoms with Gasteiger partial charge in [0.2, 0.25) is 10.0 Å². The number of hydrogen-bond acceptors (Lipinski definition) is 6. The fourth-order valence-electron chi connectivity index (χ4n) is 5.47. The first-order valence-corrected chi connectivity index (χ1v) is 13.8. The van der Waals surface area contributed by atoms with Crippen molar-refractivity contribution in [2.45, 2.75) is 56.2 Å². The minimum Gasteiger partial charge on any atom is -0.377 e. The maximum absolute atomic E-state index is 15.3. The van der Waals surface area contributed by atoms with Crippen molar-refractivity contribution in [3.63, 3.8) is 0 Å². The van der Waals surface area contributed by atoms with Crippen molar-refractivity contribution in [2.75, 3.05) is 25.1 Å². The first-order valence-electron chi connectivity index (χ1n) is 12.3. The smallest absolute Gasteiger partial charge is 0.221 e. The maximum Gasteiger partial charge on any atom is 0.221 e. The molecule has 0 aliphatic carbocycles. The molecule has 10 heteroatoms. The van der Waals surface area contributed by atoms with Crippen molar-refractivity contribution in [2.24, 2.45) is 0 Å². The van der Waals surface area contributed by atoms with Crippen LogP contribution < -0.4 is 4.90 Å². The van der Waals surface area contributed by atoms with E-state index in [4.69, 9.17) is 4.74 Å². The highest BCUT2D eigenvalue weighted by Gasteiger charge is 2.40. The lowest BCUT2D eigenvalue weighted by Crippen LogP contribution is -2.45. The summed E-state index contributed by atoms with van der Waals surface area (Å²) in [4.78, 5) is 2.10. The zero-order valence-corrected chi connectivity index (χ0v) is 21.4. The van der Waals surface area contributed by atoms with Crippen LogP contribution in [0.1, 0.15) is 48.6 Å². The van der Waals surface area contributed by atoms with Crippen molar-refractivity contribution >= 4 is 15.7 Å². The Kier molecular flexibility index (Phi) is 7.09. The molecule has 2 saturated heterocycles. The van der Waals surface area contributed by atoms with Crippen LogP contribution in [0.15, 0.2) is 61.2 Å². The molecular weight excluding hydrogens is 481 g/mol. The van der Waals surface area contributed by atoms with Gasteiger partial charge in [-0.25, -0.2) is 12.8 Å². The van der Waals surface area contributed by atoms with Gasteiger partial charge in [0, 0.05) is 44.0 Å². The predicted octanol–water partition coefficient (Wildman–Crippen LogP) is 3.94. The first-order chi connectivity index (χ1) is 17.4. The molecule has 0 N–H and O–H groups in total. The summed E-state index contributed by atoms with van der Waals surface area (Å²) in [5.41, 5.74) is 1.93. The predicted molar refractivity (Wildman–Crippen MR) is 135 cm³/mol. The number of hydrogen-bond donors (Lipinski definition) is 0. The Labute approximate surface area is 211 Å². The van der Waals surface area contributed by atoms with Crippen LogP contribution in [0.3, 0.4) is 0 Å². The van der Waals surface area contributed by atoms with Crippen LogP contribution in [-0.4, -0.2) is 59.8 Å². The standard InChI is InChI=1S/C26H32FN5O3S/c1-19-8-11-26(20-6-4-3-5-7-20)36(33,34)32(19)15-21-9-10-22(14-23(21)27)30-13-12-24(25(16-30)35-2)31-17-28-29-18-31/h3-7,9-10,14,17-19,24-26H,8,11-13,15-16H2,1-2H3/t19?,24-,25?,26?/m1/s1. The van der Waals surface area contributed by atoms with E-state index in [9.17, 15) is 8.42 Å². The molecular formula is C26H32FN5O3S. The molecule has 3 aromatic rings. The second-order valence-electron chi connectivity index (χ2n) is 9.68. The summed E-state index contributed by atoms with van der Waals surface area (Å²) in [5, 5.41) is 7.19. The molecule has 0 radical (unpaired) electrons.